The van der Waals surface area contributed by atoms with Gasteiger partial charge in [-0.1, -0.05) is 0 Å². The van der Waals surface area contributed by atoms with Crippen LogP contribution in [0.3, 0.4) is 0 Å². The van der Waals surface area contributed by atoms with Gasteiger partial charge in [0.15, 0.2) is 0 Å². The van der Waals surface area contributed by atoms with Gasteiger partial charge in [0.05, 0.1) is 11.7 Å². The molecule has 0 saturated heterocycles. The molecule has 1 aromatic rings. The molecule has 5 nitrogen and oxygen atoms in total. The summed E-state index contributed by atoms with van der Waals surface area (Å²) >= 11 is 0. The summed E-state index contributed by atoms with van der Waals surface area (Å²) in [4.78, 5) is 10.6. The molecule has 1 unspecified atom stereocenters. The first-order valence-corrected chi connectivity index (χ1v) is 3.99. The summed E-state index contributed by atoms with van der Waals surface area (Å²) in [6.07, 6.45) is 1.60. The van der Waals surface area contributed by atoms with Crippen LogP contribution < -0.4 is 11.1 Å². The Bertz CT molecular complexity index is 275. The monoisotopic (exact) mass is 180 g/mol. The molecule has 3 N–H and O–H groups in total. The van der Waals surface area contributed by atoms with Gasteiger partial charge in [-0.25, -0.2) is 0 Å². The molecule has 0 bridgehead atoms. The van der Waals surface area contributed by atoms with Gasteiger partial charge in [0.25, 0.3) is 0 Å². The first-order valence-electron chi connectivity index (χ1n) is 3.99. The summed E-state index contributed by atoms with van der Waals surface area (Å²) in [6, 6.07) is 3.27. The van der Waals surface area contributed by atoms with Crippen molar-refractivity contribution in [1.82, 2.24) is 15.5 Å². The van der Waals surface area contributed by atoms with Crippen LogP contribution in [0, 0.1) is 0 Å². The average molecular weight is 180 g/mol. The molecule has 0 aliphatic carbocycles. The Morgan fingerprint density at radius 1 is 1.77 bits per heavy atom. The largest absolute Gasteiger partial charge is 0.368 e. The quantitative estimate of drug-likeness (QED) is 0.650. The third kappa shape index (κ3) is 3.16. The lowest BCUT2D eigenvalue weighted by Crippen LogP contribution is -2.38. The average Bonchev–Trinajstić information content (AvgIpc) is 2.15. The van der Waals surface area contributed by atoms with Crippen molar-refractivity contribution >= 4 is 5.91 Å². The minimum Gasteiger partial charge on any atom is -0.368 e. The van der Waals surface area contributed by atoms with Crippen molar-refractivity contribution in [1.29, 1.82) is 0 Å². The summed E-state index contributed by atoms with van der Waals surface area (Å²) in [5, 5.41) is 10.5. The molecule has 0 spiro atoms. The molecule has 13 heavy (non-hydrogen) atoms. The molecular formula is C8H12N4O. The normalized spacial score (nSPS) is 12.4. The molecule has 1 heterocycles. The molecule has 1 atom stereocenters. The van der Waals surface area contributed by atoms with Crippen LogP contribution >= 0.6 is 0 Å². The molecule has 1 aromatic heterocycles. The highest BCUT2D eigenvalue weighted by molar-refractivity contribution is 5.79. The molecule has 1 amide bonds. The molecule has 5 heteroatoms. The Morgan fingerprint density at radius 3 is 3.08 bits per heavy atom. The van der Waals surface area contributed by atoms with Crippen molar-refractivity contribution in [2.24, 2.45) is 5.73 Å². The van der Waals surface area contributed by atoms with E-state index in [9.17, 15) is 4.79 Å². The number of aromatic nitrogens is 2. The zero-order valence-electron chi connectivity index (χ0n) is 7.40. The van der Waals surface area contributed by atoms with Crippen LogP contribution in [0.4, 0.5) is 0 Å². The van der Waals surface area contributed by atoms with Crippen molar-refractivity contribution in [3.8, 4) is 0 Å². The van der Waals surface area contributed by atoms with E-state index in [0.29, 0.717) is 6.54 Å². The lowest BCUT2D eigenvalue weighted by Gasteiger charge is -2.08. The van der Waals surface area contributed by atoms with E-state index >= 15 is 0 Å². The van der Waals surface area contributed by atoms with Crippen LogP contribution in [0.15, 0.2) is 18.3 Å². The van der Waals surface area contributed by atoms with Crippen LogP contribution in [0.2, 0.25) is 0 Å². The van der Waals surface area contributed by atoms with Crippen molar-refractivity contribution < 1.29 is 4.79 Å². The van der Waals surface area contributed by atoms with Gasteiger partial charge in [-0.2, -0.15) is 10.2 Å². The van der Waals surface area contributed by atoms with Gasteiger partial charge in [0.1, 0.15) is 0 Å². The zero-order valence-corrected chi connectivity index (χ0v) is 7.40. The van der Waals surface area contributed by atoms with E-state index < -0.39 is 0 Å². The number of hydrogen-bond donors (Lipinski definition) is 2. The van der Waals surface area contributed by atoms with E-state index in [2.05, 4.69) is 15.5 Å². The van der Waals surface area contributed by atoms with Gasteiger partial charge in [-0.15, -0.1) is 0 Å². The van der Waals surface area contributed by atoms with Crippen molar-refractivity contribution in [2.45, 2.75) is 19.5 Å². The molecule has 70 valence electrons. The maximum absolute atomic E-state index is 10.6. The standard InChI is InChI=1S/C8H12N4O/c1-6(8(9)13)10-5-7-3-2-4-11-12-7/h2-4,6,10H,5H2,1H3,(H2,9,13). The predicted octanol–water partition coefficient (Wildman–Crippen LogP) is -0.560. The number of primary amides is 1. The molecule has 0 radical (unpaired) electrons. The molecular weight excluding hydrogens is 168 g/mol. The number of rotatable bonds is 4. The smallest absolute Gasteiger partial charge is 0.234 e. The second-order valence-corrected chi connectivity index (χ2v) is 2.72. The number of nitrogens with zero attached hydrogens (tertiary/aromatic N) is 2. The SMILES string of the molecule is CC(NCc1cccnn1)C(N)=O. The highest BCUT2D eigenvalue weighted by Crippen LogP contribution is 1.90. The number of carbonyl (C=O) groups is 1. The second kappa shape index (κ2) is 4.51. The number of nitrogens with one attached hydrogen (secondary N) is 1. The van der Waals surface area contributed by atoms with E-state index in [1.54, 1.807) is 19.2 Å². The molecule has 0 saturated carbocycles. The zero-order chi connectivity index (χ0) is 9.68. The fourth-order valence-corrected chi connectivity index (χ4v) is 0.786. The third-order valence-electron chi connectivity index (χ3n) is 1.64. The minimum absolute atomic E-state index is 0.345. The maximum Gasteiger partial charge on any atom is 0.234 e. The Morgan fingerprint density at radius 2 is 2.54 bits per heavy atom. The van der Waals surface area contributed by atoms with E-state index in [-0.39, 0.29) is 11.9 Å². The summed E-state index contributed by atoms with van der Waals surface area (Å²) in [7, 11) is 0. The van der Waals surface area contributed by atoms with Crippen LogP contribution in [0.25, 0.3) is 0 Å². The summed E-state index contributed by atoms with van der Waals surface area (Å²) < 4.78 is 0. The summed E-state index contributed by atoms with van der Waals surface area (Å²) in [5.74, 6) is -0.371. The Kier molecular flexibility index (Phi) is 3.33. The van der Waals surface area contributed by atoms with Crippen LogP contribution in [0.1, 0.15) is 12.6 Å². The van der Waals surface area contributed by atoms with Gasteiger partial charge in [-0.05, 0) is 19.1 Å². The van der Waals surface area contributed by atoms with Crippen LogP contribution in [-0.4, -0.2) is 22.1 Å². The highest BCUT2D eigenvalue weighted by Gasteiger charge is 2.06. The van der Waals surface area contributed by atoms with Crippen molar-refractivity contribution in [2.75, 3.05) is 0 Å². The van der Waals surface area contributed by atoms with E-state index in [1.807, 2.05) is 6.07 Å². The van der Waals surface area contributed by atoms with Gasteiger partial charge in [0, 0.05) is 12.7 Å². The van der Waals surface area contributed by atoms with E-state index in [1.165, 1.54) is 0 Å². The number of amides is 1. The van der Waals surface area contributed by atoms with E-state index in [0.717, 1.165) is 5.69 Å². The fourth-order valence-electron chi connectivity index (χ4n) is 0.786. The number of nitrogens with two attached hydrogens (primary N) is 1. The van der Waals surface area contributed by atoms with Crippen molar-refractivity contribution in [3.05, 3.63) is 24.0 Å². The fraction of sp³-hybridized carbons (Fsp3) is 0.375. The van der Waals surface area contributed by atoms with Crippen LogP contribution in [0.5, 0.6) is 0 Å². The van der Waals surface area contributed by atoms with Crippen molar-refractivity contribution in [3.63, 3.8) is 0 Å². The van der Waals surface area contributed by atoms with Gasteiger partial charge >= 0.3 is 0 Å². The molecule has 0 aromatic carbocycles. The predicted molar refractivity (Wildman–Crippen MR) is 47.5 cm³/mol. The van der Waals surface area contributed by atoms with Gasteiger partial charge in [0.2, 0.25) is 5.91 Å². The lowest BCUT2D eigenvalue weighted by atomic mass is 10.3. The minimum atomic E-state index is -0.371. The Balaban J connectivity index is 2.39. The Hall–Kier alpha value is -1.49. The number of hydrogen-bond acceptors (Lipinski definition) is 4. The summed E-state index contributed by atoms with van der Waals surface area (Å²) in [6.45, 7) is 2.21. The van der Waals surface area contributed by atoms with Crippen LogP contribution in [-0.2, 0) is 11.3 Å². The van der Waals surface area contributed by atoms with E-state index in [4.69, 9.17) is 5.73 Å². The topological polar surface area (TPSA) is 80.9 Å². The molecule has 0 fully saturated rings. The first-order chi connectivity index (χ1) is 6.20. The molecule has 0 aliphatic rings. The highest BCUT2D eigenvalue weighted by atomic mass is 16.1. The maximum atomic E-state index is 10.6. The summed E-state index contributed by atoms with van der Waals surface area (Å²) in [5.41, 5.74) is 5.85. The van der Waals surface area contributed by atoms with Gasteiger partial charge < -0.3 is 11.1 Å². The third-order valence-corrected chi connectivity index (χ3v) is 1.64. The molecule has 1 rings (SSSR count). The number of carbonyl (C=O) groups excluding carboxylic acids is 1. The molecule has 0 aliphatic heterocycles. The Labute approximate surface area is 76.4 Å². The second-order valence-electron chi connectivity index (χ2n) is 2.72. The first kappa shape index (κ1) is 9.60. The lowest BCUT2D eigenvalue weighted by molar-refractivity contribution is -0.119. The van der Waals surface area contributed by atoms with Gasteiger partial charge in [-0.3, -0.25) is 4.79 Å².